The third-order valence-electron chi connectivity index (χ3n) is 7.83. The van der Waals surface area contributed by atoms with Crippen LogP contribution in [0.5, 0.6) is 5.06 Å². The van der Waals surface area contributed by atoms with Crippen LogP contribution in [0.25, 0.3) is 0 Å². The molecule has 2 saturated heterocycles. The first-order valence-electron chi connectivity index (χ1n) is 13.0. The summed E-state index contributed by atoms with van der Waals surface area (Å²) >= 11 is 7.96. The number of nitrogens with zero attached hydrogens (tertiary/aromatic N) is 4. The fraction of sp³-hybridized carbons (Fsp3) is 0.556. The number of methoxy groups -OCH3 is 1. The van der Waals surface area contributed by atoms with E-state index < -0.39 is 6.04 Å². The number of piperidine rings is 1. The van der Waals surface area contributed by atoms with Crippen molar-refractivity contribution in [3.8, 4) is 5.06 Å². The van der Waals surface area contributed by atoms with Gasteiger partial charge in [0.2, 0.25) is 0 Å². The van der Waals surface area contributed by atoms with E-state index in [9.17, 15) is 9.59 Å². The van der Waals surface area contributed by atoms with E-state index in [0.717, 1.165) is 69.7 Å². The molecule has 37 heavy (non-hydrogen) atoms. The minimum Gasteiger partial charge on any atom is -0.468 e. The van der Waals surface area contributed by atoms with Crippen molar-refractivity contribution < 1.29 is 19.1 Å². The maximum Gasteiger partial charge on any atom is 0.416 e. The second kappa shape index (κ2) is 11.7. The Hall–Kier alpha value is -2.17. The molecule has 1 amide bonds. The Labute approximate surface area is 227 Å². The Bertz CT molecular complexity index is 1110. The summed E-state index contributed by atoms with van der Waals surface area (Å²) in [5, 5.41) is 1.16. The Morgan fingerprint density at radius 3 is 2.49 bits per heavy atom. The lowest BCUT2D eigenvalue weighted by Crippen LogP contribution is -2.53. The van der Waals surface area contributed by atoms with E-state index in [4.69, 9.17) is 21.1 Å². The number of hydrogen-bond acceptors (Lipinski definition) is 8. The molecule has 1 aromatic heterocycles. The highest BCUT2D eigenvalue weighted by Gasteiger charge is 2.34. The van der Waals surface area contributed by atoms with E-state index in [0.29, 0.717) is 29.2 Å². The lowest BCUT2D eigenvalue weighted by molar-refractivity contribution is -0.147. The molecule has 1 atom stereocenters. The van der Waals surface area contributed by atoms with Crippen molar-refractivity contribution in [3.05, 3.63) is 51.4 Å². The number of piperazine rings is 1. The number of thiophene rings is 1. The van der Waals surface area contributed by atoms with E-state index >= 15 is 0 Å². The number of carbonyl (C=O) groups excluding carboxylic acids is 2. The molecule has 3 aliphatic rings. The summed E-state index contributed by atoms with van der Waals surface area (Å²) in [4.78, 5) is 35.7. The maximum absolute atomic E-state index is 12.9. The number of esters is 1. The van der Waals surface area contributed by atoms with Crippen molar-refractivity contribution in [1.82, 2.24) is 19.6 Å². The van der Waals surface area contributed by atoms with Crippen LogP contribution in [0.2, 0.25) is 5.02 Å². The summed E-state index contributed by atoms with van der Waals surface area (Å²) in [6, 6.07) is 9.30. The number of likely N-dealkylation sites (N-methyl/N-ethyl adjacent to an activating group) is 1. The summed E-state index contributed by atoms with van der Waals surface area (Å²) in [5.41, 5.74) is 1.81. The number of rotatable bonds is 5. The van der Waals surface area contributed by atoms with E-state index in [1.165, 1.54) is 23.3 Å². The number of benzene rings is 1. The number of halogens is 1. The number of carbonyl (C=O) groups is 2. The van der Waals surface area contributed by atoms with Crippen molar-refractivity contribution in [1.29, 1.82) is 0 Å². The van der Waals surface area contributed by atoms with Crippen LogP contribution in [0.1, 0.15) is 34.9 Å². The predicted molar refractivity (Wildman–Crippen MR) is 144 cm³/mol. The first-order valence-corrected chi connectivity index (χ1v) is 14.2. The normalized spacial score (nSPS) is 20.9. The summed E-state index contributed by atoms with van der Waals surface area (Å²) in [5.74, 6) is -0.335. The SMILES string of the molecule is COC(=O)[C@H](c1ccccc1Cl)N1CCc2sc(OC(=O)N3CCC(N4CCN(C)CC4)CC3)cc2C1. The minimum atomic E-state index is -0.584. The fourth-order valence-corrected chi connectivity index (χ4v) is 6.87. The fourth-order valence-electron chi connectivity index (χ4n) is 5.63. The molecule has 1 aromatic carbocycles. The molecule has 0 bridgehead atoms. The van der Waals surface area contributed by atoms with Gasteiger partial charge in [-0.25, -0.2) is 9.59 Å². The molecule has 4 heterocycles. The number of likely N-dealkylation sites (tertiary alicyclic amines) is 1. The van der Waals surface area contributed by atoms with E-state index in [-0.39, 0.29) is 12.1 Å². The van der Waals surface area contributed by atoms with Crippen LogP contribution >= 0.6 is 22.9 Å². The zero-order valence-corrected chi connectivity index (χ0v) is 23.1. The molecule has 2 fully saturated rings. The van der Waals surface area contributed by atoms with Gasteiger partial charge in [-0.1, -0.05) is 29.8 Å². The van der Waals surface area contributed by atoms with Crippen LogP contribution in [0.3, 0.4) is 0 Å². The first kappa shape index (κ1) is 26.4. The first-order chi connectivity index (χ1) is 17.9. The van der Waals surface area contributed by atoms with Crippen LogP contribution in [-0.4, -0.2) is 97.7 Å². The maximum atomic E-state index is 12.9. The number of hydrogen-bond donors (Lipinski definition) is 0. The van der Waals surface area contributed by atoms with E-state index in [2.05, 4.69) is 21.7 Å². The Morgan fingerprint density at radius 2 is 1.78 bits per heavy atom. The Balaban J connectivity index is 1.19. The van der Waals surface area contributed by atoms with Gasteiger partial charge in [0.15, 0.2) is 5.06 Å². The average Bonchev–Trinajstić information content (AvgIpc) is 3.32. The lowest BCUT2D eigenvalue weighted by Gasteiger charge is -2.41. The van der Waals surface area contributed by atoms with Gasteiger partial charge in [0.1, 0.15) is 6.04 Å². The molecule has 0 spiro atoms. The Morgan fingerprint density at radius 1 is 1.05 bits per heavy atom. The molecule has 200 valence electrons. The highest BCUT2D eigenvalue weighted by molar-refractivity contribution is 7.14. The van der Waals surface area contributed by atoms with Gasteiger partial charge in [-0.05, 0) is 49.6 Å². The monoisotopic (exact) mass is 546 g/mol. The molecule has 2 aromatic rings. The van der Waals surface area contributed by atoms with Crippen LogP contribution in [0.15, 0.2) is 30.3 Å². The molecule has 0 unspecified atom stereocenters. The number of ether oxygens (including phenoxy) is 2. The molecule has 8 nitrogen and oxygen atoms in total. The molecular weight excluding hydrogens is 512 g/mol. The molecule has 10 heteroatoms. The smallest absolute Gasteiger partial charge is 0.416 e. The highest BCUT2D eigenvalue weighted by Crippen LogP contribution is 2.38. The van der Waals surface area contributed by atoms with Crippen molar-refractivity contribution >= 4 is 35.0 Å². The van der Waals surface area contributed by atoms with Crippen LogP contribution in [0.4, 0.5) is 4.79 Å². The Kier molecular flexibility index (Phi) is 8.36. The zero-order chi connectivity index (χ0) is 25.9. The van der Waals surface area contributed by atoms with Crippen LogP contribution in [-0.2, 0) is 22.5 Å². The molecule has 5 rings (SSSR count). The molecule has 3 aliphatic heterocycles. The largest absolute Gasteiger partial charge is 0.468 e. The van der Waals surface area contributed by atoms with E-state index in [1.807, 2.05) is 29.2 Å². The lowest BCUT2D eigenvalue weighted by atomic mass is 10.0. The van der Waals surface area contributed by atoms with Crippen molar-refractivity contribution in [3.63, 3.8) is 0 Å². The highest BCUT2D eigenvalue weighted by atomic mass is 35.5. The minimum absolute atomic E-state index is 0.268. The molecular formula is C27H35ClN4O4S. The average molecular weight is 547 g/mol. The van der Waals surface area contributed by atoms with Gasteiger partial charge in [0, 0.05) is 68.3 Å². The summed E-state index contributed by atoms with van der Waals surface area (Å²) < 4.78 is 10.9. The van der Waals surface area contributed by atoms with Gasteiger partial charge in [-0.15, -0.1) is 11.3 Å². The quantitative estimate of drug-likeness (QED) is 0.527. The summed E-state index contributed by atoms with van der Waals surface area (Å²) in [6.07, 6.45) is 2.49. The number of fused-ring (bicyclic) bond motifs is 1. The van der Waals surface area contributed by atoms with Crippen molar-refractivity contribution in [2.75, 3.05) is 60.0 Å². The van der Waals surface area contributed by atoms with Gasteiger partial charge in [-0.3, -0.25) is 9.80 Å². The zero-order valence-electron chi connectivity index (χ0n) is 21.5. The molecule has 0 aliphatic carbocycles. The second-order valence-electron chi connectivity index (χ2n) is 10.1. The molecule has 0 N–H and O–H groups in total. The third kappa shape index (κ3) is 5.96. The van der Waals surface area contributed by atoms with Crippen molar-refractivity contribution in [2.45, 2.75) is 37.9 Å². The molecule has 0 radical (unpaired) electrons. The van der Waals surface area contributed by atoms with Gasteiger partial charge < -0.3 is 19.3 Å². The van der Waals surface area contributed by atoms with Crippen LogP contribution < -0.4 is 4.74 Å². The summed E-state index contributed by atoms with van der Waals surface area (Å²) in [7, 11) is 3.57. The molecule has 0 saturated carbocycles. The van der Waals surface area contributed by atoms with Gasteiger partial charge in [0.05, 0.1) is 7.11 Å². The standard InChI is InChI=1S/C27H35ClN4O4S/c1-29-13-15-30(16-14-29)20-7-10-31(11-8-20)27(34)36-24-17-19-18-32(12-9-23(19)37-24)25(26(33)35-2)21-5-3-4-6-22(21)28/h3-6,17,20,25H,7-16,18H2,1-2H3/t25-/m0/s1. The van der Waals surface area contributed by atoms with Gasteiger partial charge in [0.25, 0.3) is 0 Å². The number of amides is 1. The van der Waals surface area contributed by atoms with E-state index in [1.54, 1.807) is 6.07 Å². The predicted octanol–water partition coefficient (Wildman–Crippen LogP) is 3.88. The van der Waals surface area contributed by atoms with Gasteiger partial charge >= 0.3 is 12.1 Å². The van der Waals surface area contributed by atoms with Gasteiger partial charge in [-0.2, -0.15) is 0 Å². The topological polar surface area (TPSA) is 65.6 Å². The van der Waals surface area contributed by atoms with Crippen LogP contribution in [0, 0.1) is 0 Å². The third-order valence-corrected chi connectivity index (χ3v) is 9.29. The second-order valence-corrected chi connectivity index (χ2v) is 11.6. The summed E-state index contributed by atoms with van der Waals surface area (Å²) in [6.45, 7) is 7.15. The van der Waals surface area contributed by atoms with Crippen molar-refractivity contribution in [2.24, 2.45) is 0 Å².